The lowest BCUT2D eigenvalue weighted by atomic mass is 9.94. The van der Waals surface area contributed by atoms with Crippen LogP contribution >= 0.6 is 0 Å². The lowest BCUT2D eigenvalue weighted by Gasteiger charge is -2.31. The summed E-state index contributed by atoms with van der Waals surface area (Å²) in [5, 5.41) is 3.42. The number of piperidine rings is 2. The first-order valence-electron chi connectivity index (χ1n) is 7.24. The normalized spacial score (nSPS) is 27.1. The topological polar surface area (TPSA) is 32.3 Å². The number of hydrogen-bond acceptors (Lipinski definition) is 2. The van der Waals surface area contributed by atoms with E-state index in [2.05, 4.69) is 17.1 Å². The van der Waals surface area contributed by atoms with Crippen molar-refractivity contribution in [3.63, 3.8) is 0 Å². The van der Waals surface area contributed by atoms with Gasteiger partial charge in [0.1, 0.15) is 0 Å². The summed E-state index contributed by atoms with van der Waals surface area (Å²) >= 11 is 0. The molecule has 2 rings (SSSR count). The van der Waals surface area contributed by atoms with Crippen LogP contribution in [0.5, 0.6) is 0 Å². The molecule has 2 fully saturated rings. The van der Waals surface area contributed by atoms with Crippen molar-refractivity contribution in [2.45, 2.75) is 45.4 Å². The summed E-state index contributed by atoms with van der Waals surface area (Å²) in [5.74, 6) is 1.93. The number of rotatable bonds is 3. The molecular formula is C14H26N2O. The van der Waals surface area contributed by atoms with E-state index < -0.39 is 0 Å². The van der Waals surface area contributed by atoms with Crippen molar-refractivity contribution in [1.82, 2.24) is 10.2 Å². The number of nitrogens with one attached hydrogen (secondary N) is 1. The summed E-state index contributed by atoms with van der Waals surface area (Å²) in [6.07, 6.45) is 6.81. The summed E-state index contributed by atoms with van der Waals surface area (Å²) in [4.78, 5) is 14.1. The summed E-state index contributed by atoms with van der Waals surface area (Å²) in [7, 11) is 0. The second-order valence-corrected chi connectivity index (χ2v) is 5.81. The average molecular weight is 238 g/mol. The first-order valence-corrected chi connectivity index (χ1v) is 7.24. The Bertz CT molecular complexity index is 241. The van der Waals surface area contributed by atoms with Gasteiger partial charge in [0.2, 0.25) is 5.91 Å². The Balaban J connectivity index is 1.66. The molecule has 3 nitrogen and oxygen atoms in total. The van der Waals surface area contributed by atoms with E-state index in [0.717, 1.165) is 50.9 Å². The highest BCUT2D eigenvalue weighted by Crippen LogP contribution is 2.20. The summed E-state index contributed by atoms with van der Waals surface area (Å²) < 4.78 is 0. The molecule has 3 heteroatoms. The molecule has 0 radical (unpaired) electrons. The summed E-state index contributed by atoms with van der Waals surface area (Å²) in [6, 6.07) is 0. The minimum absolute atomic E-state index is 0.391. The largest absolute Gasteiger partial charge is 0.343 e. The SMILES string of the molecule is CC1CCN(C(=O)CCC2CCCNC2)CC1. The maximum absolute atomic E-state index is 12.1. The van der Waals surface area contributed by atoms with Crippen LogP contribution in [-0.2, 0) is 4.79 Å². The standard InChI is InChI=1S/C14H26N2O/c1-12-6-9-16(10-7-12)14(17)5-4-13-3-2-8-15-11-13/h12-13,15H,2-11H2,1H3. The van der Waals surface area contributed by atoms with Crippen molar-refractivity contribution in [3.8, 4) is 0 Å². The fourth-order valence-electron chi connectivity index (χ4n) is 2.91. The third-order valence-electron chi connectivity index (χ3n) is 4.30. The van der Waals surface area contributed by atoms with Crippen molar-refractivity contribution in [2.24, 2.45) is 11.8 Å². The number of likely N-dealkylation sites (tertiary alicyclic amines) is 1. The van der Waals surface area contributed by atoms with Gasteiger partial charge in [-0.05, 0) is 57.0 Å². The zero-order chi connectivity index (χ0) is 12.1. The first-order chi connectivity index (χ1) is 8.25. The van der Waals surface area contributed by atoms with Gasteiger partial charge < -0.3 is 10.2 Å². The van der Waals surface area contributed by atoms with Crippen molar-refractivity contribution in [1.29, 1.82) is 0 Å². The highest BCUT2D eigenvalue weighted by atomic mass is 16.2. The zero-order valence-electron chi connectivity index (χ0n) is 11.1. The van der Waals surface area contributed by atoms with E-state index in [1.165, 1.54) is 25.7 Å². The Morgan fingerprint density at radius 2 is 2.06 bits per heavy atom. The van der Waals surface area contributed by atoms with Gasteiger partial charge in [-0.25, -0.2) is 0 Å². The molecule has 2 aliphatic rings. The third kappa shape index (κ3) is 3.98. The van der Waals surface area contributed by atoms with Crippen LogP contribution in [0.1, 0.15) is 45.4 Å². The molecular weight excluding hydrogens is 212 g/mol. The van der Waals surface area contributed by atoms with Gasteiger partial charge in [-0.2, -0.15) is 0 Å². The third-order valence-corrected chi connectivity index (χ3v) is 4.30. The second kappa shape index (κ2) is 6.39. The van der Waals surface area contributed by atoms with Crippen LogP contribution in [0.2, 0.25) is 0 Å². The number of amides is 1. The minimum Gasteiger partial charge on any atom is -0.343 e. The molecule has 0 bridgehead atoms. The molecule has 0 spiro atoms. The molecule has 1 N–H and O–H groups in total. The van der Waals surface area contributed by atoms with Gasteiger partial charge in [0, 0.05) is 19.5 Å². The molecule has 0 saturated carbocycles. The molecule has 98 valence electrons. The summed E-state index contributed by atoms with van der Waals surface area (Å²) in [6.45, 7) is 6.54. The highest BCUT2D eigenvalue weighted by molar-refractivity contribution is 5.76. The summed E-state index contributed by atoms with van der Waals surface area (Å²) in [5.41, 5.74) is 0. The highest BCUT2D eigenvalue weighted by Gasteiger charge is 2.21. The van der Waals surface area contributed by atoms with Gasteiger partial charge in [0.15, 0.2) is 0 Å². The van der Waals surface area contributed by atoms with Crippen molar-refractivity contribution < 1.29 is 4.79 Å². The van der Waals surface area contributed by atoms with Crippen LogP contribution in [-0.4, -0.2) is 37.0 Å². The van der Waals surface area contributed by atoms with E-state index >= 15 is 0 Å². The van der Waals surface area contributed by atoms with Gasteiger partial charge in [-0.3, -0.25) is 4.79 Å². The zero-order valence-corrected chi connectivity index (χ0v) is 11.1. The van der Waals surface area contributed by atoms with E-state index in [0.29, 0.717) is 5.91 Å². The molecule has 2 saturated heterocycles. The molecule has 0 aromatic heterocycles. The van der Waals surface area contributed by atoms with E-state index in [1.807, 2.05) is 0 Å². The van der Waals surface area contributed by atoms with Gasteiger partial charge in [0.25, 0.3) is 0 Å². The smallest absolute Gasteiger partial charge is 0.222 e. The number of hydrogen-bond donors (Lipinski definition) is 1. The minimum atomic E-state index is 0.391. The Morgan fingerprint density at radius 1 is 1.29 bits per heavy atom. The van der Waals surface area contributed by atoms with Crippen LogP contribution in [0.15, 0.2) is 0 Å². The predicted molar refractivity (Wildman–Crippen MR) is 69.8 cm³/mol. The Hall–Kier alpha value is -0.570. The van der Waals surface area contributed by atoms with E-state index in [4.69, 9.17) is 0 Å². The molecule has 0 aromatic carbocycles. The quantitative estimate of drug-likeness (QED) is 0.816. The predicted octanol–water partition coefficient (Wildman–Crippen LogP) is 2.02. The van der Waals surface area contributed by atoms with Crippen LogP contribution < -0.4 is 5.32 Å². The van der Waals surface area contributed by atoms with Gasteiger partial charge in [-0.15, -0.1) is 0 Å². The van der Waals surface area contributed by atoms with Crippen LogP contribution in [0.3, 0.4) is 0 Å². The van der Waals surface area contributed by atoms with Crippen LogP contribution in [0.25, 0.3) is 0 Å². The van der Waals surface area contributed by atoms with Gasteiger partial charge in [-0.1, -0.05) is 6.92 Å². The average Bonchev–Trinajstić information content (AvgIpc) is 2.38. The van der Waals surface area contributed by atoms with Crippen molar-refractivity contribution in [3.05, 3.63) is 0 Å². The van der Waals surface area contributed by atoms with Crippen molar-refractivity contribution >= 4 is 5.91 Å². The lowest BCUT2D eigenvalue weighted by Crippen LogP contribution is -2.38. The molecule has 1 unspecified atom stereocenters. The van der Waals surface area contributed by atoms with Crippen LogP contribution in [0, 0.1) is 11.8 Å². The van der Waals surface area contributed by atoms with E-state index in [9.17, 15) is 4.79 Å². The number of carbonyl (C=O) groups is 1. The monoisotopic (exact) mass is 238 g/mol. The maximum atomic E-state index is 12.1. The Kier molecular flexibility index (Phi) is 4.84. The molecule has 2 heterocycles. The first kappa shape index (κ1) is 12.9. The molecule has 2 aliphatic heterocycles. The fourth-order valence-corrected chi connectivity index (χ4v) is 2.91. The molecule has 1 amide bonds. The Morgan fingerprint density at radius 3 is 2.71 bits per heavy atom. The fraction of sp³-hybridized carbons (Fsp3) is 0.929. The van der Waals surface area contributed by atoms with Crippen molar-refractivity contribution in [2.75, 3.05) is 26.2 Å². The number of carbonyl (C=O) groups excluding carboxylic acids is 1. The maximum Gasteiger partial charge on any atom is 0.222 e. The van der Waals surface area contributed by atoms with E-state index in [-0.39, 0.29) is 0 Å². The van der Waals surface area contributed by atoms with Crippen LogP contribution in [0.4, 0.5) is 0 Å². The lowest BCUT2D eigenvalue weighted by molar-refractivity contribution is -0.132. The molecule has 1 atom stereocenters. The van der Waals surface area contributed by atoms with Gasteiger partial charge >= 0.3 is 0 Å². The molecule has 0 aromatic rings. The number of nitrogens with zero attached hydrogens (tertiary/aromatic N) is 1. The molecule has 0 aliphatic carbocycles. The van der Waals surface area contributed by atoms with Gasteiger partial charge in [0.05, 0.1) is 0 Å². The molecule has 17 heavy (non-hydrogen) atoms. The Labute approximate surface area is 105 Å². The second-order valence-electron chi connectivity index (χ2n) is 5.81. The van der Waals surface area contributed by atoms with E-state index in [1.54, 1.807) is 0 Å².